The molecule has 5 nitrogen and oxygen atoms in total. The van der Waals surface area contributed by atoms with Crippen LogP contribution in [0.4, 0.5) is 0 Å². The number of carboxylic acids is 1. The maximum Gasteiger partial charge on any atom is 0.340 e. The van der Waals surface area contributed by atoms with E-state index in [1.807, 2.05) is 0 Å². The Labute approximate surface area is 120 Å². The molecule has 1 N–H and O–H groups in total. The maximum atomic E-state index is 11.4. The molecule has 0 radical (unpaired) electrons. The van der Waals surface area contributed by atoms with Gasteiger partial charge in [-0.05, 0) is 37.1 Å². The molecule has 0 amide bonds. The third-order valence-corrected chi connectivity index (χ3v) is 3.70. The Hall–Kier alpha value is -2.01. The molecule has 0 bridgehead atoms. The summed E-state index contributed by atoms with van der Waals surface area (Å²) in [6, 6.07) is 7.15. The van der Waals surface area contributed by atoms with Gasteiger partial charge >= 0.3 is 5.97 Å². The van der Waals surface area contributed by atoms with E-state index in [9.17, 15) is 9.90 Å². The van der Waals surface area contributed by atoms with Gasteiger partial charge in [0, 0.05) is 5.92 Å². The molecule has 1 aromatic carbocycles. The standard InChI is InChI=1S/C14H13ClN2O3/c1-20-10-6-4-9(5-7-10)17-13(15)11(14(18)19)12(16-17)8-2-3-8/h4-8H,2-3H2,1H3,(H,18,19). The van der Waals surface area contributed by atoms with E-state index >= 15 is 0 Å². The molecule has 0 aliphatic heterocycles. The molecule has 0 unspecified atom stereocenters. The van der Waals surface area contributed by atoms with Gasteiger partial charge in [0.25, 0.3) is 0 Å². The first-order valence-electron chi connectivity index (χ1n) is 6.28. The van der Waals surface area contributed by atoms with Crippen LogP contribution in [0.5, 0.6) is 5.75 Å². The Morgan fingerprint density at radius 3 is 2.55 bits per heavy atom. The number of ether oxygens (including phenoxy) is 1. The summed E-state index contributed by atoms with van der Waals surface area (Å²) in [5.41, 5.74) is 1.41. The topological polar surface area (TPSA) is 64.4 Å². The Bertz CT molecular complexity index is 660. The highest BCUT2D eigenvalue weighted by Gasteiger charge is 2.34. The SMILES string of the molecule is COc1ccc(-n2nc(C3CC3)c(C(=O)O)c2Cl)cc1. The number of carboxylic acid groups (broad SMARTS) is 1. The Morgan fingerprint density at radius 2 is 2.05 bits per heavy atom. The predicted molar refractivity (Wildman–Crippen MR) is 74.1 cm³/mol. The second-order valence-electron chi connectivity index (χ2n) is 4.74. The van der Waals surface area contributed by atoms with Crippen LogP contribution in [0.3, 0.4) is 0 Å². The number of halogens is 1. The van der Waals surface area contributed by atoms with E-state index < -0.39 is 5.97 Å². The fraction of sp³-hybridized carbons (Fsp3) is 0.286. The van der Waals surface area contributed by atoms with Crippen LogP contribution >= 0.6 is 11.6 Å². The van der Waals surface area contributed by atoms with Crippen LogP contribution in [0.25, 0.3) is 5.69 Å². The summed E-state index contributed by atoms with van der Waals surface area (Å²) >= 11 is 6.19. The zero-order valence-electron chi connectivity index (χ0n) is 10.8. The molecule has 1 saturated carbocycles. The summed E-state index contributed by atoms with van der Waals surface area (Å²) < 4.78 is 6.56. The molecule has 0 saturated heterocycles. The number of methoxy groups -OCH3 is 1. The molecular weight excluding hydrogens is 280 g/mol. The van der Waals surface area contributed by atoms with Gasteiger partial charge in [-0.15, -0.1) is 0 Å². The summed E-state index contributed by atoms with van der Waals surface area (Å²) in [6.07, 6.45) is 1.94. The number of aromatic carboxylic acids is 1. The van der Waals surface area contributed by atoms with Crippen molar-refractivity contribution in [1.82, 2.24) is 9.78 Å². The van der Waals surface area contributed by atoms with Crippen molar-refractivity contribution in [3.8, 4) is 11.4 Å². The van der Waals surface area contributed by atoms with Crippen molar-refractivity contribution in [2.24, 2.45) is 0 Å². The minimum atomic E-state index is -1.03. The lowest BCUT2D eigenvalue weighted by molar-refractivity contribution is 0.0696. The van der Waals surface area contributed by atoms with Crippen molar-refractivity contribution in [2.45, 2.75) is 18.8 Å². The van der Waals surface area contributed by atoms with Gasteiger partial charge in [-0.2, -0.15) is 5.10 Å². The van der Waals surface area contributed by atoms with Crippen molar-refractivity contribution < 1.29 is 14.6 Å². The molecule has 1 aromatic heterocycles. The number of nitrogens with zero attached hydrogens (tertiary/aromatic N) is 2. The van der Waals surface area contributed by atoms with Crippen molar-refractivity contribution in [3.05, 3.63) is 40.7 Å². The Kier molecular flexibility index (Phi) is 3.14. The Morgan fingerprint density at radius 1 is 1.40 bits per heavy atom. The normalized spacial score (nSPS) is 14.3. The summed E-state index contributed by atoms with van der Waals surface area (Å²) in [5.74, 6) is -0.0901. The van der Waals surface area contributed by atoms with E-state index in [4.69, 9.17) is 16.3 Å². The van der Waals surface area contributed by atoms with Crippen molar-refractivity contribution >= 4 is 17.6 Å². The first kappa shape index (κ1) is 13.0. The summed E-state index contributed by atoms with van der Waals surface area (Å²) in [4.78, 5) is 11.4. The maximum absolute atomic E-state index is 11.4. The van der Waals surface area contributed by atoms with E-state index in [-0.39, 0.29) is 16.6 Å². The second-order valence-corrected chi connectivity index (χ2v) is 5.10. The third kappa shape index (κ3) is 2.14. The van der Waals surface area contributed by atoms with E-state index in [1.165, 1.54) is 4.68 Å². The zero-order valence-corrected chi connectivity index (χ0v) is 11.6. The van der Waals surface area contributed by atoms with Gasteiger partial charge in [0.2, 0.25) is 0 Å². The van der Waals surface area contributed by atoms with E-state index in [1.54, 1.807) is 31.4 Å². The van der Waals surface area contributed by atoms with E-state index in [0.717, 1.165) is 18.6 Å². The minimum absolute atomic E-state index is 0.116. The van der Waals surface area contributed by atoms with Crippen molar-refractivity contribution in [2.75, 3.05) is 7.11 Å². The highest BCUT2D eigenvalue weighted by molar-refractivity contribution is 6.33. The van der Waals surface area contributed by atoms with E-state index in [0.29, 0.717) is 11.4 Å². The first-order chi connectivity index (χ1) is 9.61. The zero-order chi connectivity index (χ0) is 14.3. The number of benzene rings is 1. The van der Waals surface area contributed by atoms with Crippen LogP contribution in [0.1, 0.15) is 34.8 Å². The number of aromatic nitrogens is 2. The molecule has 2 aromatic rings. The van der Waals surface area contributed by atoms with Crippen LogP contribution in [0, 0.1) is 0 Å². The molecule has 6 heteroatoms. The van der Waals surface area contributed by atoms with Crippen LogP contribution in [0.2, 0.25) is 5.15 Å². The van der Waals surface area contributed by atoms with Crippen LogP contribution in [-0.4, -0.2) is 28.0 Å². The molecule has 104 valence electrons. The highest BCUT2D eigenvalue weighted by atomic mass is 35.5. The average Bonchev–Trinajstić information content (AvgIpc) is 3.22. The fourth-order valence-electron chi connectivity index (χ4n) is 2.15. The van der Waals surface area contributed by atoms with Gasteiger partial charge in [-0.25, -0.2) is 9.48 Å². The quantitative estimate of drug-likeness (QED) is 0.940. The van der Waals surface area contributed by atoms with Gasteiger partial charge in [-0.3, -0.25) is 0 Å². The smallest absolute Gasteiger partial charge is 0.340 e. The first-order valence-corrected chi connectivity index (χ1v) is 6.65. The van der Waals surface area contributed by atoms with Crippen LogP contribution < -0.4 is 4.74 Å². The molecule has 3 rings (SSSR count). The van der Waals surface area contributed by atoms with Gasteiger partial charge in [0.05, 0.1) is 18.5 Å². The summed E-state index contributed by atoms with van der Waals surface area (Å²) in [6.45, 7) is 0. The lowest BCUT2D eigenvalue weighted by atomic mass is 10.2. The molecular formula is C14H13ClN2O3. The molecule has 1 aliphatic rings. The predicted octanol–water partition coefficient (Wildman–Crippen LogP) is 3.11. The highest BCUT2D eigenvalue weighted by Crippen LogP contribution is 2.43. The minimum Gasteiger partial charge on any atom is -0.497 e. The van der Waals surface area contributed by atoms with E-state index in [2.05, 4.69) is 5.10 Å². The van der Waals surface area contributed by atoms with Gasteiger partial charge in [0.1, 0.15) is 16.5 Å². The van der Waals surface area contributed by atoms with Crippen molar-refractivity contribution in [1.29, 1.82) is 0 Å². The molecule has 0 atom stereocenters. The monoisotopic (exact) mass is 292 g/mol. The second kappa shape index (κ2) is 4.83. The van der Waals surface area contributed by atoms with Gasteiger partial charge < -0.3 is 9.84 Å². The van der Waals surface area contributed by atoms with Gasteiger partial charge in [-0.1, -0.05) is 11.6 Å². The summed E-state index contributed by atoms with van der Waals surface area (Å²) in [7, 11) is 1.59. The third-order valence-electron chi connectivity index (χ3n) is 3.35. The molecule has 1 aliphatic carbocycles. The average molecular weight is 293 g/mol. The largest absolute Gasteiger partial charge is 0.497 e. The molecule has 1 heterocycles. The summed E-state index contributed by atoms with van der Waals surface area (Å²) in [5, 5.41) is 13.8. The number of carbonyl (C=O) groups is 1. The Balaban J connectivity index is 2.08. The lowest BCUT2D eigenvalue weighted by Gasteiger charge is -2.04. The number of hydrogen-bond acceptors (Lipinski definition) is 3. The lowest BCUT2D eigenvalue weighted by Crippen LogP contribution is -2.00. The molecule has 1 fully saturated rings. The van der Waals surface area contributed by atoms with Crippen LogP contribution in [-0.2, 0) is 0 Å². The molecule has 20 heavy (non-hydrogen) atoms. The van der Waals surface area contributed by atoms with Crippen LogP contribution in [0.15, 0.2) is 24.3 Å². The van der Waals surface area contributed by atoms with Crippen molar-refractivity contribution in [3.63, 3.8) is 0 Å². The molecule has 0 spiro atoms. The van der Waals surface area contributed by atoms with Gasteiger partial charge in [0.15, 0.2) is 0 Å². The number of rotatable bonds is 4. The fourth-order valence-corrected chi connectivity index (χ4v) is 2.46. The number of hydrogen-bond donors (Lipinski definition) is 1.